The van der Waals surface area contributed by atoms with Crippen LogP contribution in [-0.2, 0) is 14.3 Å². The van der Waals surface area contributed by atoms with Gasteiger partial charge in [0, 0.05) is 19.0 Å². The van der Waals surface area contributed by atoms with E-state index in [0.29, 0.717) is 18.1 Å². The normalized spacial score (nSPS) is 25.3. The van der Waals surface area contributed by atoms with Crippen molar-refractivity contribution < 1.29 is 14.3 Å². The summed E-state index contributed by atoms with van der Waals surface area (Å²) in [5, 5.41) is 2.77. The van der Waals surface area contributed by atoms with Gasteiger partial charge in [0.1, 0.15) is 12.7 Å². The Balaban J connectivity index is 0.00000163. The molecule has 0 saturated carbocycles. The van der Waals surface area contributed by atoms with Crippen molar-refractivity contribution in [2.75, 3.05) is 33.3 Å². The Morgan fingerprint density at radius 2 is 1.81 bits per heavy atom. The first-order chi connectivity index (χ1) is 12.5. The molecule has 2 fully saturated rings. The van der Waals surface area contributed by atoms with Crippen LogP contribution in [0.5, 0.6) is 0 Å². The van der Waals surface area contributed by atoms with E-state index in [1.807, 2.05) is 20.8 Å². The van der Waals surface area contributed by atoms with Crippen LogP contribution in [0.2, 0.25) is 0 Å². The van der Waals surface area contributed by atoms with Crippen molar-refractivity contribution in [3.63, 3.8) is 0 Å². The number of carbonyl (C=O) groups is 1. The molecule has 0 aromatic heterocycles. The standard InChI is InChI=1S/C19H28N2O3.C2H6/c1-5-7-16-17(8-6-2)24-15(14-23-16)13-21-11-9-19(3,10-12-21)18(22)20-4;1-2/h5-8,15H,1-2,9-14H2,3-4H3,(H,20,22);1-2H3/b16-7+,17-8+;/t15-;/m0./s1. The first-order valence-corrected chi connectivity index (χ1v) is 9.42. The summed E-state index contributed by atoms with van der Waals surface area (Å²) in [5.41, 5.74) is -0.261. The van der Waals surface area contributed by atoms with Crippen molar-refractivity contribution >= 4 is 5.91 Å². The summed E-state index contributed by atoms with van der Waals surface area (Å²) < 4.78 is 11.8. The highest BCUT2D eigenvalue weighted by molar-refractivity contribution is 5.82. The number of likely N-dealkylation sites (tertiary alicyclic amines) is 1. The lowest BCUT2D eigenvalue weighted by Crippen LogP contribution is -2.49. The molecule has 1 amide bonds. The first kappa shape index (κ1) is 22.0. The van der Waals surface area contributed by atoms with Crippen LogP contribution >= 0.6 is 0 Å². The second-order valence-corrected chi connectivity index (χ2v) is 6.52. The second kappa shape index (κ2) is 10.9. The topological polar surface area (TPSA) is 50.8 Å². The van der Waals surface area contributed by atoms with E-state index in [2.05, 4.69) is 23.4 Å². The molecule has 2 heterocycles. The maximum atomic E-state index is 12.0. The van der Waals surface area contributed by atoms with Crippen LogP contribution in [0.3, 0.4) is 0 Å². The molecule has 2 rings (SSSR count). The average molecular weight is 363 g/mol. The zero-order valence-corrected chi connectivity index (χ0v) is 16.7. The van der Waals surface area contributed by atoms with Crippen molar-refractivity contribution in [1.82, 2.24) is 10.2 Å². The van der Waals surface area contributed by atoms with Crippen LogP contribution in [0.1, 0.15) is 33.6 Å². The smallest absolute Gasteiger partial charge is 0.225 e. The van der Waals surface area contributed by atoms with Crippen LogP contribution in [0.4, 0.5) is 0 Å². The van der Waals surface area contributed by atoms with Crippen LogP contribution in [0.25, 0.3) is 0 Å². The largest absolute Gasteiger partial charge is 0.486 e. The van der Waals surface area contributed by atoms with Crippen molar-refractivity contribution in [2.24, 2.45) is 5.41 Å². The summed E-state index contributed by atoms with van der Waals surface area (Å²) in [4.78, 5) is 14.3. The monoisotopic (exact) mass is 362 g/mol. The van der Waals surface area contributed by atoms with Gasteiger partial charge in [0.25, 0.3) is 0 Å². The lowest BCUT2D eigenvalue weighted by molar-refractivity contribution is -0.132. The maximum Gasteiger partial charge on any atom is 0.225 e. The first-order valence-electron chi connectivity index (χ1n) is 9.42. The van der Waals surface area contributed by atoms with Gasteiger partial charge in [0.05, 0.1) is 0 Å². The van der Waals surface area contributed by atoms with Gasteiger partial charge in [-0.05, 0) is 38.1 Å². The number of nitrogens with zero attached hydrogens (tertiary/aromatic N) is 1. The Morgan fingerprint density at radius 3 is 2.35 bits per heavy atom. The van der Waals surface area contributed by atoms with E-state index in [-0.39, 0.29) is 17.4 Å². The van der Waals surface area contributed by atoms with E-state index >= 15 is 0 Å². The highest BCUT2D eigenvalue weighted by Crippen LogP contribution is 2.31. The molecule has 0 radical (unpaired) electrons. The van der Waals surface area contributed by atoms with Crippen LogP contribution < -0.4 is 5.32 Å². The van der Waals surface area contributed by atoms with E-state index in [9.17, 15) is 4.79 Å². The fourth-order valence-electron chi connectivity index (χ4n) is 3.13. The molecule has 2 saturated heterocycles. The molecule has 146 valence electrons. The quantitative estimate of drug-likeness (QED) is 0.814. The molecule has 0 aliphatic carbocycles. The van der Waals surface area contributed by atoms with E-state index in [1.165, 1.54) is 0 Å². The maximum absolute atomic E-state index is 12.0. The van der Waals surface area contributed by atoms with Gasteiger partial charge in [-0.15, -0.1) is 0 Å². The van der Waals surface area contributed by atoms with Crippen LogP contribution in [0, 0.1) is 5.41 Å². The van der Waals surface area contributed by atoms with Gasteiger partial charge in [0.15, 0.2) is 11.5 Å². The fourth-order valence-corrected chi connectivity index (χ4v) is 3.13. The molecule has 26 heavy (non-hydrogen) atoms. The minimum absolute atomic E-state index is 0.0254. The molecule has 2 aliphatic heterocycles. The van der Waals surface area contributed by atoms with Gasteiger partial charge in [-0.2, -0.15) is 0 Å². The molecule has 0 unspecified atom stereocenters. The Bertz CT molecular complexity index is 543. The third-order valence-electron chi connectivity index (χ3n) is 4.70. The van der Waals surface area contributed by atoms with Gasteiger partial charge in [-0.3, -0.25) is 9.69 Å². The van der Waals surface area contributed by atoms with E-state index in [4.69, 9.17) is 9.47 Å². The summed E-state index contributed by atoms with van der Waals surface area (Å²) in [6, 6.07) is 0. The van der Waals surface area contributed by atoms with Gasteiger partial charge < -0.3 is 14.8 Å². The highest BCUT2D eigenvalue weighted by atomic mass is 16.6. The van der Waals surface area contributed by atoms with Crippen LogP contribution in [-0.4, -0.2) is 50.2 Å². The number of hydrogen-bond donors (Lipinski definition) is 1. The number of nitrogens with one attached hydrogen (secondary N) is 1. The lowest BCUT2D eigenvalue weighted by Gasteiger charge is -2.40. The molecule has 1 N–H and O–H groups in total. The summed E-state index contributed by atoms with van der Waals surface area (Å²) in [5.74, 6) is 1.51. The number of rotatable bonds is 5. The number of allylic oxidation sites excluding steroid dienone is 4. The molecule has 2 aliphatic rings. The third kappa shape index (κ3) is 5.77. The SMILES string of the molecule is C=C/C=C1/OC[C@H](CN2CCC(C)(C(=O)NC)CC2)O/C1=C/C=C.CC. The zero-order chi connectivity index (χ0) is 19.6. The van der Waals surface area contributed by atoms with E-state index in [1.54, 1.807) is 31.4 Å². The number of hydrogen-bond acceptors (Lipinski definition) is 4. The molecule has 0 bridgehead atoms. The Morgan fingerprint density at radius 1 is 1.23 bits per heavy atom. The van der Waals surface area contributed by atoms with Crippen molar-refractivity contribution in [3.8, 4) is 0 Å². The third-order valence-corrected chi connectivity index (χ3v) is 4.70. The molecular weight excluding hydrogens is 328 g/mol. The van der Waals surface area contributed by atoms with Crippen molar-refractivity contribution in [1.29, 1.82) is 0 Å². The molecular formula is C21H34N2O3. The van der Waals surface area contributed by atoms with E-state index < -0.39 is 0 Å². The number of amides is 1. The summed E-state index contributed by atoms with van der Waals surface area (Å²) >= 11 is 0. The summed E-state index contributed by atoms with van der Waals surface area (Å²) in [7, 11) is 1.70. The molecule has 0 aromatic rings. The van der Waals surface area contributed by atoms with Gasteiger partial charge in [-0.1, -0.05) is 46.1 Å². The predicted octanol–water partition coefficient (Wildman–Crippen LogP) is 3.42. The molecule has 5 heteroatoms. The fraction of sp³-hybridized carbons (Fsp3) is 0.571. The minimum Gasteiger partial charge on any atom is -0.486 e. The average Bonchev–Trinajstić information content (AvgIpc) is 2.67. The van der Waals surface area contributed by atoms with Crippen LogP contribution in [0.15, 0.2) is 49.0 Å². The Labute approximate surface area is 158 Å². The summed E-state index contributed by atoms with van der Waals surface area (Å²) in [6.45, 7) is 16.5. The molecule has 0 aromatic carbocycles. The highest BCUT2D eigenvalue weighted by Gasteiger charge is 2.37. The van der Waals surface area contributed by atoms with Gasteiger partial charge in [-0.25, -0.2) is 0 Å². The summed E-state index contributed by atoms with van der Waals surface area (Å²) in [6.07, 6.45) is 8.66. The lowest BCUT2D eigenvalue weighted by atomic mass is 9.79. The molecule has 0 spiro atoms. The second-order valence-electron chi connectivity index (χ2n) is 6.52. The Kier molecular flexibility index (Phi) is 9.21. The molecule has 5 nitrogen and oxygen atoms in total. The Hall–Kier alpha value is -2.01. The van der Waals surface area contributed by atoms with Gasteiger partial charge in [0.2, 0.25) is 5.91 Å². The number of ether oxygens (including phenoxy) is 2. The van der Waals surface area contributed by atoms with E-state index in [0.717, 1.165) is 32.5 Å². The predicted molar refractivity (Wildman–Crippen MR) is 107 cm³/mol. The number of piperidine rings is 1. The number of carbonyl (C=O) groups excluding carboxylic acids is 1. The molecule has 1 atom stereocenters. The van der Waals surface area contributed by atoms with Gasteiger partial charge >= 0.3 is 0 Å². The zero-order valence-electron chi connectivity index (χ0n) is 16.7. The van der Waals surface area contributed by atoms with Crippen molar-refractivity contribution in [2.45, 2.75) is 39.7 Å². The van der Waals surface area contributed by atoms with Crippen molar-refractivity contribution in [3.05, 3.63) is 49.0 Å². The minimum atomic E-state index is -0.261.